The number of oxazole rings is 1. The van der Waals surface area contributed by atoms with Crippen molar-refractivity contribution in [2.24, 2.45) is 0 Å². The number of nitrogens with zero attached hydrogens (tertiary/aromatic N) is 3. The lowest BCUT2D eigenvalue weighted by Crippen LogP contribution is -1.96. The zero-order chi connectivity index (χ0) is 25.8. The largest absolute Gasteiger partial charge is 0.436 e. The van der Waals surface area contributed by atoms with Gasteiger partial charge < -0.3 is 8.98 Å². The van der Waals surface area contributed by atoms with Crippen LogP contribution in [-0.4, -0.2) is 14.5 Å². The summed E-state index contributed by atoms with van der Waals surface area (Å²) < 4.78 is 8.53. The summed E-state index contributed by atoms with van der Waals surface area (Å²) in [6.45, 7) is 0. The van der Waals surface area contributed by atoms with E-state index in [1.165, 1.54) is 27.4 Å². The van der Waals surface area contributed by atoms with E-state index in [1.807, 2.05) is 48.7 Å². The minimum Gasteiger partial charge on any atom is -0.436 e. The van der Waals surface area contributed by atoms with Crippen LogP contribution in [0.3, 0.4) is 0 Å². The quantitative estimate of drug-likeness (QED) is 0.233. The van der Waals surface area contributed by atoms with Crippen LogP contribution in [0.5, 0.6) is 0 Å². The molecule has 39 heavy (non-hydrogen) atoms. The van der Waals surface area contributed by atoms with Crippen LogP contribution < -0.4 is 0 Å². The van der Waals surface area contributed by atoms with E-state index in [2.05, 4.69) is 87.0 Å². The van der Waals surface area contributed by atoms with Crippen LogP contribution in [0.25, 0.3) is 72.4 Å². The molecule has 184 valence electrons. The molecule has 0 aliphatic rings. The molecule has 4 aromatic heterocycles. The predicted molar refractivity (Wildman–Crippen MR) is 160 cm³/mol. The summed E-state index contributed by atoms with van der Waals surface area (Å²) in [5.41, 5.74) is 10.4. The van der Waals surface area contributed by atoms with Crippen LogP contribution in [-0.2, 0) is 0 Å². The fourth-order valence-corrected chi connectivity index (χ4v) is 6.11. The third kappa shape index (κ3) is 3.59. The molecule has 0 radical (unpaired) electrons. The fourth-order valence-electron chi connectivity index (χ4n) is 5.45. The van der Waals surface area contributed by atoms with Crippen molar-refractivity contribution in [1.29, 1.82) is 0 Å². The van der Waals surface area contributed by atoms with Crippen LogP contribution in [0, 0.1) is 0 Å². The number of thiophene rings is 1. The Morgan fingerprint density at radius 2 is 1.62 bits per heavy atom. The van der Waals surface area contributed by atoms with Gasteiger partial charge in [-0.05, 0) is 70.9 Å². The van der Waals surface area contributed by atoms with E-state index in [0.717, 1.165) is 39.1 Å². The summed E-state index contributed by atoms with van der Waals surface area (Å²) in [7, 11) is 0. The SMILES string of the molecule is c1ccc(-c2cccc(-n3c4cc(-c5nc6ccccc6o5)ccc4c4cccc(-c5ccsc5)c43)c2)nc1. The van der Waals surface area contributed by atoms with Gasteiger partial charge in [-0.25, -0.2) is 4.98 Å². The van der Waals surface area contributed by atoms with E-state index in [9.17, 15) is 0 Å². The van der Waals surface area contributed by atoms with Crippen molar-refractivity contribution in [2.75, 3.05) is 0 Å². The maximum atomic E-state index is 6.15. The highest BCUT2D eigenvalue weighted by Crippen LogP contribution is 2.40. The number of fused-ring (bicyclic) bond motifs is 4. The molecule has 0 unspecified atom stereocenters. The van der Waals surface area contributed by atoms with E-state index in [0.29, 0.717) is 5.89 Å². The van der Waals surface area contributed by atoms with Gasteiger partial charge in [0.25, 0.3) is 0 Å². The van der Waals surface area contributed by atoms with Gasteiger partial charge in [0.05, 0.1) is 16.7 Å². The molecular weight excluding hydrogens is 498 g/mol. The number of rotatable bonds is 4. The van der Waals surface area contributed by atoms with Gasteiger partial charge in [-0.3, -0.25) is 4.98 Å². The van der Waals surface area contributed by atoms with Gasteiger partial charge in [-0.2, -0.15) is 11.3 Å². The van der Waals surface area contributed by atoms with E-state index in [-0.39, 0.29) is 0 Å². The molecule has 4 aromatic carbocycles. The van der Waals surface area contributed by atoms with Crippen LogP contribution >= 0.6 is 11.3 Å². The molecule has 0 fully saturated rings. The zero-order valence-corrected chi connectivity index (χ0v) is 21.6. The first-order valence-electron chi connectivity index (χ1n) is 12.8. The van der Waals surface area contributed by atoms with E-state index >= 15 is 0 Å². The maximum absolute atomic E-state index is 6.15. The van der Waals surface area contributed by atoms with Crippen molar-refractivity contribution >= 4 is 44.2 Å². The average Bonchev–Trinajstić information content (AvgIpc) is 3.75. The molecule has 0 saturated carbocycles. The second kappa shape index (κ2) is 8.79. The average molecular weight is 520 g/mol. The molecule has 0 atom stereocenters. The van der Waals surface area contributed by atoms with Crippen molar-refractivity contribution in [2.45, 2.75) is 0 Å². The highest BCUT2D eigenvalue weighted by Gasteiger charge is 2.19. The Hall–Kier alpha value is -5.00. The number of aromatic nitrogens is 3. The summed E-state index contributed by atoms with van der Waals surface area (Å²) in [6, 6.07) is 37.8. The summed E-state index contributed by atoms with van der Waals surface area (Å²) in [6.07, 6.45) is 1.84. The van der Waals surface area contributed by atoms with Gasteiger partial charge in [0.2, 0.25) is 5.89 Å². The van der Waals surface area contributed by atoms with Gasteiger partial charge >= 0.3 is 0 Å². The zero-order valence-electron chi connectivity index (χ0n) is 20.8. The van der Waals surface area contributed by atoms with Crippen molar-refractivity contribution in [3.63, 3.8) is 0 Å². The lowest BCUT2D eigenvalue weighted by atomic mass is 10.0. The van der Waals surface area contributed by atoms with Crippen molar-refractivity contribution in [1.82, 2.24) is 14.5 Å². The number of pyridine rings is 1. The van der Waals surface area contributed by atoms with Crippen LogP contribution in [0.4, 0.5) is 0 Å². The molecule has 0 amide bonds. The van der Waals surface area contributed by atoms with E-state index < -0.39 is 0 Å². The Morgan fingerprint density at radius 1 is 0.692 bits per heavy atom. The first-order valence-corrected chi connectivity index (χ1v) is 13.8. The Balaban J connectivity index is 1.44. The lowest BCUT2D eigenvalue weighted by Gasteiger charge is -2.12. The number of hydrogen-bond donors (Lipinski definition) is 0. The molecule has 0 aliphatic carbocycles. The molecular formula is C34H21N3OS. The monoisotopic (exact) mass is 519 g/mol. The van der Waals surface area contributed by atoms with Gasteiger partial charge in [0.1, 0.15) is 5.52 Å². The van der Waals surface area contributed by atoms with Crippen LogP contribution in [0.1, 0.15) is 0 Å². The van der Waals surface area contributed by atoms with Gasteiger partial charge in [0.15, 0.2) is 5.58 Å². The molecule has 5 heteroatoms. The molecule has 0 saturated heterocycles. The molecule has 0 N–H and O–H groups in total. The molecule has 8 rings (SSSR count). The lowest BCUT2D eigenvalue weighted by molar-refractivity contribution is 0.620. The summed E-state index contributed by atoms with van der Waals surface area (Å²) in [5.74, 6) is 0.621. The molecule has 4 nitrogen and oxygen atoms in total. The third-order valence-corrected chi connectivity index (χ3v) is 7.91. The fraction of sp³-hybridized carbons (Fsp3) is 0. The molecule has 4 heterocycles. The number of benzene rings is 4. The highest BCUT2D eigenvalue weighted by atomic mass is 32.1. The molecule has 0 aliphatic heterocycles. The highest BCUT2D eigenvalue weighted by molar-refractivity contribution is 7.08. The van der Waals surface area contributed by atoms with Crippen molar-refractivity contribution in [3.05, 3.63) is 126 Å². The molecule has 0 spiro atoms. The Kier molecular flexibility index (Phi) is 4.96. The van der Waals surface area contributed by atoms with Crippen LogP contribution in [0.15, 0.2) is 131 Å². The van der Waals surface area contributed by atoms with Gasteiger partial charge in [-0.1, -0.05) is 54.6 Å². The standard InChI is InChI=1S/C34H21N3OS/c1-2-13-32-30(12-1)36-34(38-32)23-14-15-27-28-10-6-9-26(24-16-18-39-21-24)33(28)37(31(27)20-23)25-8-5-7-22(19-25)29-11-3-4-17-35-29/h1-21H. The minimum absolute atomic E-state index is 0.621. The van der Waals surface area contributed by atoms with E-state index in [1.54, 1.807) is 11.3 Å². The third-order valence-electron chi connectivity index (χ3n) is 7.23. The van der Waals surface area contributed by atoms with E-state index in [4.69, 9.17) is 9.40 Å². The molecule has 8 aromatic rings. The second-order valence-corrected chi connectivity index (χ2v) is 10.3. The van der Waals surface area contributed by atoms with Crippen molar-refractivity contribution in [3.8, 4) is 39.5 Å². The number of hydrogen-bond acceptors (Lipinski definition) is 4. The Morgan fingerprint density at radius 3 is 2.49 bits per heavy atom. The first kappa shape index (κ1) is 22.0. The number of para-hydroxylation sites is 3. The smallest absolute Gasteiger partial charge is 0.227 e. The first-order chi connectivity index (χ1) is 19.3. The Labute approximate surface area is 228 Å². The minimum atomic E-state index is 0.621. The maximum Gasteiger partial charge on any atom is 0.227 e. The van der Waals surface area contributed by atoms with Gasteiger partial charge in [-0.15, -0.1) is 0 Å². The summed E-state index contributed by atoms with van der Waals surface area (Å²) in [5, 5.41) is 6.74. The summed E-state index contributed by atoms with van der Waals surface area (Å²) >= 11 is 1.71. The molecule has 0 bridgehead atoms. The van der Waals surface area contributed by atoms with Gasteiger partial charge in [0, 0.05) is 39.3 Å². The second-order valence-electron chi connectivity index (χ2n) is 9.53. The topological polar surface area (TPSA) is 43.9 Å². The van der Waals surface area contributed by atoms with Crippen LogP contribution in [0.2, 0.25) is 0 Å². The Bertz CT molecular complexity index is 2090. The van der Waals surface area contributed by atoms with Crippen molar-refractivity contribution < 1.29 is 4.42 Å². The normalized spacial score (nSPS) is 11.6. The summed E-state index contributed by atoms with van der Waals surface area (Å²) in [4.78, 5) is 9.38. The predicted octanol–water partition coefficient (Wildman–Crippen LogP) is 9.38.